The predicted octanol–water partition coefficient (Wildman–Crippen LogP) is 5.99. The number of benzene rings is 3. The highest BCUT2D eigenvalue weighted by Crippen LogP contribution is 2.28. The molecule has 7 heteroatoms. The number of amides is 1. The molecule has 0 bridgehead atoms. The second-order valence-electron chi connectivity index (χ2n) is 6.38. The second-order valence-corrected chi connectivity index (χ2v) is 7.22. The lowest BCUT2D eigenvalue weighted by atomic mass is 10.1. The molecule has 5 nitrogen and oxygen atoms in total. The van der Waals surface area contributed by atoms with Gasteiger partial charge in [-0.2, -0.15) is 10.5 Å². The summed E-state index contributed by atoms with van der Waals surface area (Å²) in [6.45, 7) is 0.186. The Bertz CT molecular complexity index is 1220. The summed E-state index contributed by atoms with van der Waals surface area (Å²) < 4.78 is 5.73. The molecule has 0 fully saturated rings. The first-order chi connectivity index (χ1) is 15.0. The first-order valence-corrected chi connectivity index (χ1v) is 9.85. The molecule has 0 aromatic heterocycles. The number of anilines is 1. The molecule has 0 radical (unpaired) electrons. The zero-order valence-corrected chi connectivity index (χ0v) is 17.6. The van der Waals surface area contributed by atoms with Crippen molar-refractivity contribution in [3.63, 3.8) is 0 Å². The van der Waals surface area contributed by atoms with Crippen LogP contribution < -0.4 is 10.1 Å². The summed E-state index contributed by atoms with van der Waals surface area (Å²) in [4.78, 5) is 12.4. The zero-order chi connectivity index (χ0) is 22.2. The number of halogens is 2. The number of carbonyl (C=O) groups excluding carboxylic acids is 1. The van der Waals surface area contributed by atoms with Crippen LogP contribution in [0.1, 0.15) is 16.7 Å². The Hall–Kier alpha value is -3.77. The van der Waals surface area contributed by atoms with E-state index in [9.17, 15) is 10.1 Å². The number of rotatable bonds is 6. The fraction of sp³-hybridized carbons (Fsp3) is 0.0417. The Morgan fingerprint density at radius 3 is 2.45 bits per heavy atom. The van der Waals surface area contributed by atoms with Gasteiger partial charge in [-0.3, -0.25) is 4.79 Å². The normalized spacial score (nSPS) is 10.6. The maximum absolute atomic E-state index is 12.4. The van der Waals surface area contributed by atoms with Gasteiger partial charge in [0.05, 0.1) is 16.7 Å². The van der Waals surface area contributed by atoms with E-state index in [4.69, 9.17) is 33.2 Å². The van der Waals surface area contributed by atoms with Gasteiger partial charge in [-0.05, 0) is 54.1 Å². The minimum absolute atomic E-state index is 0.0809. The van der Waals surface area contributed by atoms with Gasteiger partial charge in [0, 0.05) is 16.3 Å². The lowest BCUT2D eigenvalue weighted by molar-refractivity contribution is -0.112. The van der Waals surface area contributed by atoms with E-state index in [1.54, 1.807) is 54.6 Å². The van der Waals surface area contributed by atoms with Crippen molar-refractivity contribution in [3.8, 4) is 17.9 Å². The van der Waals surface area contributed by atoms with Crippen LogP contribution in [0.2, 0.25) is 10.0 Å². The predicted molar refractivity (Wildman–Crippen MR) is 121 cm³/mol. The lowest BCUT2D eigenvalue weighted by Crippen LogP contribution is -2.13. The van der Waals surface area contributed by atoms with E-state index < -0.39 is 5.91 Å². The van der Waals surface area contributed by atoms with Gasteiger partial charge in [-0.1, -0.05) is 47.5 Å². The maximum Gasteiger partial charge on any atom is 0.266 e. The first kappa shape index (κ1) is 21.9. The summed E-state index contributed by atoms with van der Waals surface area (Å²) in [5.74, 6) is -0.120. The Kier molecular flexibility index (Phi) is 7.30. The number of hydrogen-bond acceptors (Lipinski definition) is 4. The molecule has 0 spiro atoms. The van der Waals surface area contributed by atoms with Crippen molar-refractivity contribution < 1.29 is 9.53 Å². The van der Waals surface area contributed by atoms with Crippen molar-refractivity contribution in [2.45, 2.75) is 6.61 Å². The zero-order valence-electron chi connectivity index (χ0n) is 16.1. The Morgan fingerprint density at radius 2 is 1.77 bits per heavy atom. The number of nitrogens with one attached hydrogen (secondary N) is 1. The van der Waals surface area contributed by atoms with Gasteiger partial charge in [-0.15, -0.1) is 0 Å². The molecule has 3 aromatic carbocycles. The van der Waals surface area contributed by atoms with Gasteiger partial charge in [0.2, 0.25) is 0 Å². The molecule has 0 heterocycles. The standard InChI is InChI=1S/C24H15Cl2N3O2/c25-20-6-8-21(9-7-20)29-24(30)19(14-28)11-16-5-10-23(22(26)12-16)31-15-18-4-2-1-3-17(18)13-27/h1-12H,15H2,(H,29,30)/b19-11+. The van der Waals surface area contributed by atoms with Crippen molar-refractivity contribution in [1.82, 2.24) is 0 Å². The highest BCUT2D eigenvalue weighted by Gasteiger charge is 2.11. The Balaban J connectivity index is 1.72. The minimum Gasteiger partial charge on any atom is -0.487 e. The van der Waals surface area contributed by atoms with E-state index in [1.807, 2.05) is 18.2 Å². The van der Waals surface area contributed by atoms with E-state index in [-0.39, 0.29) is 12.2 Å². The van der Waals surface area contributed by atoms with E-state index >= 15 is 0 Å². The topological polar surface area (TPSA) is 85.9 Å². The Labute approximate surface area is 189 Å². The van der Waals surface area contributed by atoms with Gasteiger partial charge in [0.15, 0.2) is 0 Å². The monoisotopic (exact) mass is 447 g/mol. The van der Waals surface area contributed by atoms with Gasteiger partial charge in [-0.25, -0.2) is 0 Å². The summed E-state index contributed by atoms with van der Waals surface area (Å²) in [5.41, 5.74) is 2.29. The molecule has 0 saturated carbocycles. The molecule has 0 atom stereocenters. The second kappa shape index (κ2) is 10.3. The quantitative estimate of drug-likeness (QED) is 0.371. The van der Waals surface area contributed by atoms with Gasteiger partial charge in [0.1, 0.15) is 24.0 Å². The fourth-order valence-corrected chi connectivity index (χ4v) is 3.05. The van der Waals surface area contributed by atoms with E-state index in [2.05, 4.69) is 11.4 Å². The number of nitriles is 2. The van der Waals surface area contributed by atoms with Crippen LogP contribution in [0.15, 0.2) is 72.3 Å². The van der Waals surface area contributed by atoms with Crippen molar-refractivity contribution in [1.29, 1.82) is 10.5 Å². The van der Waals surface area contributed by atoms with Crippen LogP contribution in [0.3, 0.4) is 0 Å². The molecule has 1 amide bonds. The van der Waals surface area contributed by atoms with Crippen molar-refractivity contribution in [2.24, 2.45) is 0 Å². The summed E-state index contributed by atoms with van der Waals surface area (Å²) in [5, 5.41) is 22.0. The van der Waals surface area contributed by atoms with Gasteiger partial charge in [0.25, 0.3) is 5.91 Å². The highest BCUT2D eigenvalue weighted by atomic mass is 35.5. The van der Waals surface area contributed by atoms with Crippen LogP contribution in [0.4, 0.5) is 5.69 Å². The van der Waals surface area contributed by atoms with Gasteiger partial charge >= 0.3 is 0 Å². The molecule has 0 unspecified atom stereocenters. The number of hydrogen-bond donors (Lipinski definition) is 1. The fourth-order valence-electron chi connectivity index (χ4n) is 2.68. The third-order valence-electron chi connectivity index (χ3n) is 4.26. The third-order valence-corrected chi connectivity index (χ3v) is 4.80. The molecular weight excluding hydrogens is 433 g/mol. The molecule has 31 heavy (non-hydrogen) atoms. The molecule has 0 aliphatic heterocycles. The summed E-state index contributed by atoms with van der Waals surface area (Å²) in [6.07, 6.45) is 1.44. The van der Waals surface area contributed by atoms with E-state index in [1.165, 1.54) is 6.08 Å². The lowest BCUT2D eigenvalue weighted by Gasteiger charge is -2.10. The summed E-state index contributed by atoms with van der Waals surface area (Å²) in [6, 6.07) is 22.6. The third kappa shape index (κ3) is 5.87. The van der Waals surface area contributed by atoms with Crippen LogP contribution in [-0.2, 0) is 11.4 Å². The summed E-state index contributed by atoms with van der Waals surface area (Å²) >= 11 is 12.1. The van der Waals surface area contributed by atoms with Gasteiger partial charge < -0.3 is 10.1 Å². The maximum atomic E-state index is 12.4. The molecule has 3 aromatic rings. The number of ether oxygens (including phenoxy) is 1. The first-order valence-electron chi connectivity index (χ1n) is 9.09. The average Bonchev–Trinajstić information content (AvgIpc) is 2.78. The Morgan fingerprint density at radius 1 is 1.03 bits per heavy atom. The van der Waals surface area contributed by atoms with Crippen molar-refractivity contribution in [2.75, 3.05) is 5.32 Å². The number of nitrogens with zero attached hydrogens (tertiary/aromatic N) is 2. The molecule has 3 rings (SSSR count). The SMILES string of the molecule is N#C/C(=C\c1ccc(OCc2ccccc2C#N)c(Cl)c1)C(=O)Nc1ccc(Cl)cc1. The molecule has 0 aliphatic rings. The molecule has 0 saturated heterocycles. The molecular formula is C24H15Cl2N3O2. The largest absolute Gasteiger partial charge is 0.487 e. The summed E-state index contributed by atoms with van der Waals surface area (Å²) in [7, 11) is 0. The van der Waals surface area contributed by atoms with Crippen LogP contribution in [0.25, 0.3) is 6.08 Å². The molecule has 152 valence electrons. The van der Waals surface area contributed by atoms with Crippen LogP contribution in [0, 0.1) is 22.7 Å². The number of carbonyl (C=O) groups is 1. The minimum atomic E-state index is -0.547. The van der Waals surface area contributed by atoms with E-state index in [0.717, 1.165) is 5.56 Å². The van der Waals surface area contributed by atoms with Crippen LogP contribution in [-0.4, -0.2) is 5.91 Å². The smallest absolute Gasteiger partial charge is 0.266 e. The molecule has 0 aliphatic carbocycles. The van der Waals surface area contributed by atoms with Crippen LogP contribution in [0.5, 0.6) is 5.75 Å². The van der Waals surface area contributed by atoms with Crippen LogP contribution >= 0.6 is 23.2 Å². The molecule has 1 N–H and O–H groups in total. The van der Waals surface area contributed by atoms with Crippen molar-refractivity contribution in [3.05, 3.63) is 99.0 Å². The van der Waals surface area contributed by atoms with Crippen molar-refractivity contribution >= 4 is 40.9 Å². The average molecular weight is 448 g/mol. The van der Waals surface area contributed by atoms with E-state index in [0.29, 0.717) is 32.6 Å². The highest BCUT2D eigenvalue weighted by molar-refractivity contribution is 6.32.